The minimum absolute atomic E-state index is 0. The SMILES string of the molecule is C1CCOC1.Cc1cccc(C(=O)c2cn(C)cn2)c1.Cc1cccc(C(O)c2cn(C)cn2)c1.[AlH3].[H-].[Li+]. The number of carbonyl (C=O) groups is 1. The van der Waals surface area contributed by atoms with Crippen LogP contribution in [-0.2, 0) is 18.8 Å². The fraction of sp³-hybridized carbons (Fsp3) is 0.321. The van der Waals surface area contributed by atoms with E-state index in [2.05, 4.69) is 9.97 Å². The maximum absolute atomic E-state index is 11.9. The van der Waals surface area contributed by atoms with Crippen molar-refractivity contribution in [1.29, 1.82) is 0 Å². The Morgan fingerprint density at radius 1 is 0.946 bits per heavy atom. The van der Waals surface area contributed by atoms with Gasteiger partial charge in [0.2, 0.25) is 5.78 Å². The van der Waals surface area contributed by atoms with Gasteiger partial charge in [0, 0.05) is 45.3 Å². The molecule has 0 saturated carbocycles. The first-order chi connectivity index (χ1) is 16.8. The standard InChI is InChI=1S/C12H14N2O.C12H12N2O.C4H8O.Al.Li.4H/c2*1-9-4-3-5-10(6-9)12(15)11-7-14(2)8-13-11;1-2-4-5-3-1;;;;;;/h3-8,12,15H,1-2H3;3-8H,1-2H3;1-4H2;;;;;;/q;;;;+1;;;;-1. The molecule has 3 heterocycles. The molecule has 0 aliphatic carbocycles. The number of carbonyl (C=O) groups excluding carboxylic acids is 1. The Balaban J connectivity index is 0.000000571. The van der Waals surface area contributed by atoms with Crippen LogP contribution in [0.15, 0.2) is 73.6 Å². The number of aliphatic hydroxyl groups excluding tert-OH is 1. The molecule has 4 aromatic rings. The van der Waals surface area contributed by atoms with E-state index in [1.165, 1.54) is 12.8 Å². The molecule has 1 aliphatic heterocycles. The average molecular weight is 513 g/mol. The van der Waals surface area contributed by atoms with Crippen molar-refractivity contribution in [1.82, 2.24) is 19.1 Å². The normalized spacial score (nSPS) is 12.6. The summed E-state index contributed by atoms with van der Waals surface area (Å²) in [5, 5.41) is 10.1. The zero-order valence-corrected chi connectivity index (χ0v) is 21.9. The summed E-state index contributed by atoms with van der Waals surface area (Å²) in [7, 11) is 3.74. The van der Waals surface area contributed by atoms with Crippen LogP contribution in [0.3, 0.4) is 0 Å². The molecule has 1 N–H and O–H groups in total. The van der Waals surface area contributed by atoms with Crippen LogP contribution in [0.2, 0.25) is 0 Å². The van der Waals surface area contributed by atoms with Gasteiger partial charge in [-0.05, 0) is 38.3 Å². The van der Waals surface area contributed by atoms with Crippen molar-refractivity contribution in [3.05, 3.63) is 107 Å². The molecule has 1 fully saturated rings. The summed E-state index contributed by atoms with van der Waals surface area (Å²) in [6.45, 7) is 5.98. The van der Waals surface area contributed by atoms with E-state index < -0.39 is 6.10 Å². The number of ketones is 1. The Morgan fingerprint density at radius 2 is 1.54 bits per heavy atom. The van der Waals surface area contributed by atoms with E-state index in [9.17, 15) is 9.90 Å². The molecule has 0 spiro atoms. The van der Waals surface area contributed by atoms with E-state index in [0.29, 0.717) is 17.0 Å². The third-order valence-electron chi connectivity index (χ3n) is 5.41. The maximum Gasteiger partial charge on any atom is 1.00 e. The van der Waals surface area contributed by atoms with Crippen molar-refractivity contribution in [2.24, 2.45) is 14.1 Å². The zero-order chi connectivity index (χ0) is 25.2. The number of aliphatic hydroxyl groups is 1. The molecule has 1 atom stereocenters. The van der Waals surface area contributed by atoms with Gasteiger partial charge in [-0.2, -0.15) is 0 Å². The fourth-order valence-electron chi connectivity index (χ4n) is 3.56. The smallest absolute Gasteiger partial charge is 1.00 e. The van der Waals surface area contributed by atoms with Crippen LogP contribution in [0.1, 0.15) is 58.8 Å². The number of hydrogen-bond acceptors (Lipinski definition) is 5. The Morgan fingerprint density at radius 3 is 2.03 bits per heavy atom. The molecular formula is C28H38AlLiN4O3. The van der Waals surface area contributed by atoms with Crippen molar-refractivity contribution in [3.63, 3.8) is 0 Å². The minimum atomic E-state index is -0.633. The number of benzene rings is 2. The van der Waals surface area contributed by atoms with Gasteiger partial charge in [-0.15, -0.1) is 0 Å². The van der Waals surface area contributed by atoms with Crippen LogP contribution in [0.5, 0.6) is 0 Å². The van der Waals surface area contributed by atoms with Gasteiger partial charge in [0.15, 0.2) is 17.4 Å². The van der Waals surface area contributed by atoms with E-state index in [0.717, 1.165) is 29.9 Å². The third kappa shape index (κ3) is 10.5. The molecule has 0 bridgehead atoms. The summed E-state index contributed by atoms with van der Waals surface area (Å²) in [5.74, 6) is -0.0284. The van der Waals surface area contributed by atoms with Crippen LogP contribution in [0, 0.1) is 13.8 Å². The molecule has 192 valence electrons. The first-order valence-corrected chi connectivity index (χ1v) is 11.7. The van der Waals surface area contributed by atoms with Gasteiger partial charge < -0.3 is 20.4 Å². The van der Waals surface area contributed by atoms with Gasteiger partial charge >= 0.3 is 18.9 Å². The predicted molar refractivity (Wildman–Crippen MR) is 147 cm³/mol. The Kier molecular flexibility index (Phi) is 14.5. The number of hydrogen-bond donors (Lipinski definition) is 1. The first kappa shape index (κ1) is 32.6. The molecule has 1 aliphatic rings. The molecule has 1 saturated heterocycles. The quantitative estimate of drug-likeness (QED) is 0.318. The van der Waals surface area contributed by atoms with Crippen molar-refractivity contribution >= 4 is 23.1 Å². The van der Waals surface area contributed by atoms with E-state index >= 15 is 0 Å². The number of aryl methyl sites for hydroxylation is 4. The molecular weight excluding hydrogens is 474 g/mol. The Bertz CT molecular complexity index is 1240. The molecule has 2 aromatic carbocycles. The molecule has 2 aromatic heterocycles. The van der Waals surface area contributed by atoms with E-state index in [-0.39, 0.29) is 43.4 Å². The molecule has 0 radical (unpaired) electrons. The summed E-state index contributed by atoms with van der Waals surface area (Å²) in [5.41, 5.74) is 4.97. The van der Waals surface area contributed by atoms with Crippen LogP contribution in [0.25, 0.3) is 0 Å². The van der Waals surface area contributed by atoms with Crippen molar-refractivity contribution in [2.45, 2.75) is 32.8 Å². The van der Waals surface area contributed by atoms with Crippen LogP contribution in [0.4, 0.5) is 0 Å². The number of nitrogens with zero attached hydrogens (tertiary/aromatic N) is 4. The zero-order valence-electron chi connectivity index (χ0n) is 22.9. The van der Waals surface area contributed by atoms with Gasteiger partial charge in [0.05, 0.1) is 18.3 Å². The summed E-state index contributed by atoms with van der Waals surface area (Å²) in [6, 6.07) is 15.4. The first-order valence-electron chi connectivity index (χ1n) is 11.7. The monoisotopic (exact) mass is 512 g/mol. The van der Waals surface area contributed by atoms with E-state index in [1.54, 1.807) is 23.4 Å². The number of rotatable bonds is 4. The summed E-state index contributed by atoms with van der Waals surface area (Å²) in [4.78, 5) is 20.1. The minimum Gasteiger partial charge on any atom is -1.00 e. The van der Waals surface area contributed by atoms with E-state index in [1.807, 2.05) is 87.2 Å². The molecule has 0 amide bonds. The van der Waals surface area contributed by atoms with Crippen molar-refractivity contribution < 1.29 is 34.9 Å². The van der Waals surface area contributed by atoms with Crippen molar-refractivity contribution in [2.75, 3.05) is 13.2 Å². The van der Waals surface area contributed by atoms with Crippen LogP contribution < -0.4 is 18.9 Å². The summed E-state index contributed by atoms with van der Waals surface area (Å²) < 4.78 is 8.54. The average Bonchev–Trinajstić information content (AvgIpc) is 3.63. The second-order valence-electron chi connectivity index (χ2n) is 8.72. The summed E-state index contributed by atoms with van der Waals surface area (Å²) in [6.07, 6.45) is 8.79. The van der Waals surface area contributed by atoms with Gasteiger partial charge in [-0.1, -0.05) is 53.6 Å². The van der Waals surface area contributed by atoms with Crippen LogP contribution >= 0.6 is 0 Å². The second-order valence-corrected chi connectivity index (χ2v) is 8.72. The van der Waals surface area contributed by atoms with Crippen LogP contribution in [-0.4, -0.2) is 60.6 Å². The van der Waals surface area contributed by atoms with Gasteiger partial charge in [-0.25, -0.2) is 9.97 Å². The Labute approximate surface area is 243 Å². The van der Waals surface area contributed by atoms with Gasteiger partial charge in [-0.3, -0.25) is 4.79 Å². The van der Waals surface area contributed by atoms with Gasteiger partial charge in [0.25, 0.3) is 0 Å². The fourth-order valence-corrected chi connectivity index (χ4v) is 3.56. The number of imidazole rings is 2. The number of ether oxygens (including phenoxy) is 1. The second kappa shape index (κ2) is 16.4. The largest absolute Gasteiger partial charge is 1.00 e. The number of aromatic nitrogens is 4. The Hall–Kier alpha value is -2.42. The van der Waals surface area contributed by atoms with Crippen molar-refractivity contribution in [3.8, 4) is 0 Å². The van der Waals surface area contributed by atoms with E-state index in [4.69, 9.17) is 4.74 Å². The molecule has 5 rings (SSSR count). The topological polar surface area (TPSA) is 82.2 Å². The van der Waals surface area contributed by atoms with Gasteiger partial charge in [0.1, 0.15) is 11.8 Å². The third-order valence-corrected chi connectivity index (χ3v) is 5.41. The molecule has 7 nitrogen and oxygen atoms in total. The summed E-state index contributed by atoms with van der Waals surface area (Å²) >= 11 is 0. The molecule has 1 unspecified atom stereocenters. The molecule has 9 heteroatoms. The molecule has 37 heavy (non-hydrogen) atoms. The predicted octanol–water partition coefficient (Wildman–Crippen LogP) is 0.499. The maximum atomic E-state index is 11.9.